The summed E-state index contributed by atoms with van der Waals surface area (Å²) in [6, 6.07) is 5.83. The molecule has 0 atom stereocenters. The third kappa shape index (κ3) is 3.75. The Bertz CT molecular complexity index is 750. The average molecular weight is 345 g/mol. The maximum absolute atomic E-state index is 14.0. The molecule has 132 valence electrons. The highest BCUT2D eigenvalue weighted by atomic mass is 19.1. The minimum absolute atomic E-state index is 0.126. The first kappa shape index (κ1) is 15.9. The van der Waals surface area contributed by atoms with Gasteiger partial charge in [0, 0.05) is 6.54 Å². The molecule has 0 bridgehead atoms. The van der Waals surface area contributed by atoms with Gasteiger partial charge in [0.05, 0.1) is 6.20 Å². The Morgan fingerprint density at radius 1 is 1.16 bits per heavy atom. The summed E-state index contributed by atoms with van der Waals surface area (Å²) in [6.07, 6.45) is 6.82. The second kappa shape index (κ2) is 7.13. The number of rotatable bonds is 5. The third-order valence-electron chi connectivity index (χ3n) is 4.44. The van der Waals surface area contributed by atoms with Gasteiger partial charge in [0.15, 0.2) is 23.1 Å². The molecule has 2 heterocycles. The van der Waals surface area contributed by atoms with Crippen molar-refractivity contribution in [1.29, 1.82) is 0 Å². The van der Waals surface area contributed by atoms with Crippen molar-refractivity contribution in [2.45, 2.75) is 44.8 Å². The van der Waals surface area contributed by atoms with Gasteiger partial charge in [0.2, 0.25) is 6.79 Å². The summed E-state index contributed by atoms with van der Waals surface area (Å²) in [5.74, 6) is 1.05. The van der Waals surface area contributed by atoms with Crippen LogP contribution in [0.5, 0.6) is 17.5 Å². The molecule has 2 aromatic rings. The van der Waals surface area contributed by atoms with Crippen molar-refractivity contribution in [3.63, 3.8) is 0 Å². The number of anilines is 1. The van der Waals surface area contributed by atoms with Gasteiger partial charge in [-0.3, -0.25) is 0 Å². The van der Waals surface area contributed by atoms with E-state index in [1.54, 1.807) is 0 Å². The van der Waals surface area contributed by atoms with E-state index >= 15 is 0 Å². The lowest BCUT2D eigenvalue weighted by atomic mass is 9.98. The molecular formula is C18H20FN3O3. The maximum Gasteiger partial charge on any atom is 0.318 e. The molecule has 0 saturated heterocycles. The standard InChI is InChI=1S/C18H20FN3O3/c19-14-10-21-18(25-13-4-2-1-3-5-13)22-17(14)20-9-12-6-7-15-16(8-12)24-11-23-15/h6-8,10,13H,1-5,9,11H2,(H,20,21,22). The molecule has 0 amide bonds. The van der Waals surface area contributed by atoms with E-state index in [-0.39, 0.29) is 24.7 Å². The molecule has 2 aliphatic rings. The highest BCUT2D eigenvalue weighted by Gasteiger charge is 2.18. The zero-order valence-electron chi connectivity index (χ0n) is 13.8. The lowest BCUT2D eigenvalue weighted by Crippen LogP contribution is -2.21. The summed E-state index contributed by atoms with van der Waals surface area (Å²) in [5, 5.41) is 3.00. The molecular weight excluding hydrogens is 325 g/mol. The van der Waals surface area contributed by atoms with Crippen LogP contribution in [0.2, 0.25) is 0 Å². The first-order valence-corrected chi connectivity index (χ1v) is 8.59. The van der Waals surface area contributed by atoms with Crippen LogP contribution in [-0.2, 0) is 6.54 Å². The Kier molecular flexibility index (Phi) is 4.54. The van der Waals surface area contributed by atoms with Gasteiger partial charge in [-0.1, -0.05) is 12.5 Å². The van der Waals surface area contributed by atoms with E-state index in [1.807, 2.05) is 18.2 Å². The first-order valence-electron chi connectivity index (χ1n) is 8.59. The van der Waals surface area contributed by atoms with E-state index in [2.05, 4.69) is 15.3 Å². The van der Waals surface area contributed by atoms with Crippen LogP contribution in [0.1, 0.15) is 37.7 Å². The third-order valence-corrected chi connectivity index (χ3v) is 4.44. The second-order valence-corrected chi connectivity index (χ2v) is 6.27. The van der Waals surface area contributed by atoms with Crippen molar-refractivity contribution in [2.24, 2.45) is 0 Å². The van der Waals surface area contributed by atoms with E-state index in [1.165, 1.54) is 6.42 Å². The monoisotopic (exact) mass is 345 g/mol. The maximum atomic E-state index is 14.0. The number of ether oxygens (including phenoxy) is 3. The van der Waals surface area contributed by atoms with Crippen LogP contribution in [0.25, 0.3) is 0 Å². The molecule has 1 N–H and O–H groups in total. The van der Waals surface area contributed by atoms with Crippen molar-refractivity contribution < 1.29 is 18.6 Å². The number of nitrogens with one attached hydrogen (secondary N) is 1. The van der Waals surface area contributed by atoms with Crippen molar-refractivity contribution in [1.82, 2.24) is 9.97 Å². The lowest BCUT2D eigenvalue weighted by molar-refractivity contribution is 0.141. The molecule has 1 saturated carbocycles. The second-order valence-electron chi connectivity index (χ2n) is 6.27. The number of halogens is 1. The fraction of sp³-hybridized carbons (Fsp3) is 0.444. The Hall–Kier alpha value is -2.57. The average Bonchev–Trinajstić information content (AvgIpc) is 3.11. The van der Waals surface area contributed by atoms with E-state index in [4.69, 9.17) is 14.2 Å². The van der Waals surface area contributed by atoms with Gasteiger partial charge in [0.25, 0.3) is 0 Å². The molecule has 6 nitrogen and oxygen atoms in total. The number of fused-ring (bicyclic) bond motifs is 1. The molecule has 1 aromatic carbocycles. The van der Waals surface area contributed by atoms with E-state index in [9.17, 15) is 4.39 Å². The molecule has 7 heteroatoms. The van der Waals surface area contributed by atoms with E-state index in [0.717, 1.165) is 43.2 Å². The summed E-state index contributed by atoms with van der Waals surface area (Å²) in [5.41, 5.74) is 0.942. The number of aromatic nitrogens is 2. The molecule has 1 aliphatic carbocycles. The van der Waals surface area contributed by atoms with Crippen molar-refractivity contribution >= 4 is 5.82 Å². The van der Waals surface area contributed by atoms with E-state index in [0.29, 0.717) is 12.3 Å². The zero-order chi connectivity index (χ0) is 17.1. The Balaban J connectivity index is 1.41. The fourth-order valence-corrected chi connectivity index (χ4v) is 3.10. The lowest BCUT2D eigenvalue weighted by Gasteiger charge is -2.21. The molecule has 0 spiro atoms. The van der Waals surface area contributed by atoms with Crippen LogP contribution in [-0.4, -0.2) is 22.9 Å². The minimum Gasteiger partial charge on any atom is -0.460 e. The van der Waals surface area contributed by atoms with Crippen molar-refractivity contribution in [3.8, 4) is 17.5 Å². The number of hydrogen-bond acceptors (Lipinski definition) is 6. The van der Waals surface area contributed by atoms with Gasteiger partial charge in [-0.05, 0) is 43.4 Å². The van der Waals surface area contributed by atoms with E-state index < -0.39 is 5.82 Å². The number of benzene rings is 1. The van der Waals surface area contributed by atoms with Crippen LogP contribution in [0.4, 0.5) is 10.2 Å². The van der Waals surface area contributed by atoms with Crippen molar-refractivity contribution in [3.05, 3.63) is 35.8 Å². The quantitative estimate of drug-likeness (QED) is 0.892. The van der Waals surface area contributed by atoms with Crippen LogP contribution in [0.3, 0.4) is 0 Å². The highest BCUT2D eigenvalue weighted by Crippen LogP contribution is 2.32. The van der Waals surface area contributed by atoms with Crippen LogP contribution >= 0.6 is 0 Å². The summed E-state index contributed by atoms with van der Waals surface area (Å²) in [4.78, 5) is 8.13. The Morgan fingerprint density at radius 3 is 2.88 bits per heavy atom. The first-order chi connectivity index (χ1) is 12.3. The Morgan fingerprint density at radius 2 is 2.00 bits per heavy atom. The molecule has 0 unspecified atom stereocenters. The topological polar surface area (TPSA) is 65.5 Å². The molecule has 0 radical (unpaired) electrons. The summed E-state index contributed by atoms with van der Waals surface area (Å²) >= 11 is 0. The molecule has 1 fully saturated rings. The van der Waals surface area contributed by atoms with Gasteiger partial charge in [-0.25, -0.2) is 9.37 Å². The number of nitrogens with zero attached hydrogens (tertiary/aromatic N) is 2. The fourth-order valence-electron chi connectivity index (χ4n) is 3.10. The summed E-state index contributed by atoms with van der Waals surface area (Å²) < 4.78 is 30.4. The van der Waals surface area contributed by atoms with Gasteiger partial charge in [-0.2, -0.15) is 4.98 Å². The minimum atomic E-state index is -0.503. The SMILES string of the molecule is Fc1cnc(OC2CCCCC2)nc1NCc1ccc2c(c1)OCO2. The molecule has 4 rings (SSSR count). The Labute approximate surface area is 145 Å². The van der Waals surface area contributed by atoms with Gasteiger partial charge >= 0.3 is 6.01 Å². The highest BCUT2D eigenvalue weighted by molar-refractivity contribution is 5.46. The largest absolute Gasteiger partial charge is 0.460 e. The van der Waals surface area contributed by atoms with Crippen molar-refractivity contribution in [2.75, 3.05) is 12.1 Å². The normalized spacial score (nSPS) is 16.7. The van der Waals surface area contributed by atoms with Gasteiger partial charge in [0.1, 0.15) is 6.10 Å². The smallest absolute Gasteiger partial charge is 0.318 e. The van der Waals surface area contributed by atoms with Crippen LogP contribution in [0.15, 0.2) is 24.4 Å². The molecule has 25 heavy (non-hydrogen) atoms. The van der Waals surface area contributed by atoms with Gasteiger partial charge < -0.3 is 19.5 Å². The molecule has 1 aromatic heterocycles. The molecule has 1 aliphatic heterocycles. The van der Waals surface area contributed by atoms with Crippen LogP contribution in [0, 0.1) is 5.82 Å². The zero-order valence-corrected chi connectivity index (χ0v) is 13.8. The number of hydrogen-bond donors (Lipinski definition) is 1. The predicted octanol–water partition coefficient (Wildman–Crippen LogP) is 3.67. The summed E-state index contributed by atoms with van der Waals surface area (Å²) in [6.45, 7) is 0.641. The summed E-state index contributed by atoms with van der Waals surface area (Å²) in [7, 11) is 0. The van der Waals surface area contributed by atoms with Gasteiger partial charge in [-0.15, -0.1) is 0 Å². The predicted molar refractivity (Wildman–Crippen MR) is 89.4 cm³/mol. The van der Waals surface area contributed by atoms with Crippen LogP contribution < -0.4 is 19.5 Å².